The Morgan fingerprint density at radius 3 is 2.59 bits per heavy atom. The number of H-pyrrole nitrogens is 1. The van der Waals surface area contributed by atoms with Gasteiger partial charge >= 0.3 is 11.7 Å². The van der Waals surface area contributed by atoms with Crippen molar-refractivity contribution in [3.63, 3.8) is 0 Å². The average Bonchev–Trinajstić information content (AvgIpc) is 2.26. The molecule has 0 aliphatic rings. The van der Waals surface area contributed by atoms with Crippen molar-refractivity contribution in [2.24, 2.45) is 0 Å². The minimum atomic E-state index is -3.06. The molecule has 0 aliphatic carbocycles. The molecule has 0 saturated heterocycles. The molecule has 9 heteroatoms. The van der Waals surface area contributed by atoms with Gasteiger partial charge in [0.05, 0.1) is 17.7 Å². The van der Waals surface area contributed by atoms with E-state index in [1.54, 1.807) is 0 Å². The van der Waals surface area contributed by atoms with Crippen LogP contribution in [0.25, 0.3) is 0 Å². The van der Waals surface area contributed by atoms with Gasteiger partial charge in [-0.15, -0.1) is 0 Å². The number of esters is 1. The van der Waals surface area contributed by atoms with Gasteiger partial charge < -0.3 is 9.72 Å². The summed E-state index contributed by atoms with van der Waals surface area (Å²) in [5, 5.41) is 10.5. The Morgan fingerprint density at radius 1 is 1.59 bits per heavy atom. The number of nitrogens with one attached hydrogen (secondary N) is 1. The Bertz CT molecular complexity index is 525. The summed E-state index contributed by atoms with van der Waals surface area (Å²) in [5.74, 6) is -1.27. The first-order chi connectivity index (χ1) is 7.88. The second-order valence-electron chi connectivity index (χ2n) is 2.86. The minimum Gasteiger partial charge on any atom is -0.464 e. The predicted molar refractivity (Wildman–Crippen MR) is 50.0 cm³/mol. The van der Waals surface area contributed by atoms with Gasteiger partial charge in [-0.3, -0.25) is 14.9 Å². The molecule has 0 aromatic carbocycles. The first-order valence-corrected chi connectivity index (χ1v) is 4.16. The third-order valence-electron chi connectivity index (χ3n) is 1.83. The molecule has 0 radical (unpaired) electrons. The molecule has 0 fully saturated rings. The van der Waals surface area contributed by atoms with Gasteiger partial charge in [0, 0.05) is 6.07 Å². The molecule has 17 heavy (non-hydrogen) atoms. The summed E-state index contributed by atoms with van der Waals surface area (Å²) >= 11 is 0. The normalized spacial score (nSPS) is 10.4. The Labute approximate surface area is 92.2 Å². The number of alkyl halides is 2. The summed E-state index contributed by atoms with van der Waals surface area (Å²) in [6, 6.07) is 0.370. The summed E-state index contributed by atoms with van der Waals surface area (Å²) in [5.41, 5.74) is -4.20. The number of hydrogen-bond acceptors (Lipinski definition) is 5. The number of carbonyl (C=O) groups excluding carboxylic acids is 1. The van der Waals surface area contributed by atoms with Gasteiger partial charge in [0.1, 0.15) is 0 Å². The lowest BCUT2D eigenvalue weighted by Crippen LogP contribution is -2.18. The van der Waals surface area contributed by atoms with Crippen molar-refractivity contribution in [3.05, 3.63) is 37.8 Å². The maximum absolute atomic E-state index is 12.3. The SMILES string of the molecule is COC(=O)c1[nH]c(C(F)F)cc(=O)c1[N+](=O)[O-]. The van der Waals surface area contributed by atoms with Gasteiger partial charge in [0.25, 0.3) is 11.9 Å². The molecule has 0 aliphatic heterocycles. The summed E-state index contributed by atoms with van der Waals surface area (Å²) in [6.45, 7) is 0. The number of ether oxygens (including phenoxy) is 1. The van der Waals surface area contributed by atoms with Crippen LogP contribution in [0.15, 0.2) is 10.9 Å². The summed E-state index contributed by atoms with van der Waals surface area (Å²) in [6.07, 6.45) is -3.06. The number of aromatic nitrogens is 1. The predicted octanol–water partition coefficient (Wildman–Crippen LogP) is 1.01. The third kappa shape index (κ3) is 2.44. The van der Waals surface area contributed by atoms with E-state index < -0.39 is 39.8 Å². The van der Waals surface area contributed by atoms with Crippen LogP contribution in [0, 0.1) is 10.1 Å². The largest absolute Gasteiger partial charge is 0.464 e. The van der Waals surface area contributed by atoms with E-state index in [1.165, 1.54) is 0 Å². The highest BCUT2D eigenvalue weighted by molar-refractivity contribution is 5.91. The van der Waals surface area contributed by atoms with Crippen molar-refractivity contribution in [3.8, 4) is 0 Å². The van der Waals surface area contributed by atoms with Crippen LogP contribution in [-0.4, -0.2) is 23.0 Å². The Hall–Kier alpha value is -2.32. The number of aromatic amines is 1. The van der Waals surface area contributed by atoms with E-state index >= 15 is 0 Å². The molecule has 1 rings (SSSR count). The molecule has 7 nitrogen and oxygen atoms in total. The van der Waals surface area contributed by atoms with Crippen molar-refractivity contribution in [1.82, 2.24) is 4.98 Å². The molecule has 92 valence electrons. The quantitative estimate of drug-likeness (QED) is 0.488. The van der Waals surface area contributed by atoms with E-state index in [1.807, 2.05) is 4.98 Å². The lowest BCUT2D eigenvalue weighted by molar-refractivity contribution is -0.386. The Kier molecular flexibility index (Phi) is 3.51. The van der Waals surface area contributed by atoms with E-state index in [4.69, 9.17) is 0 Å². The van der Waals surface area contributed by atoms with Gasteiger partial charge in [0.15, 0.2) is 0 Å². The number of nitro groups is 1. The molecular formula is C8H6F2N2O5. The Balaban J connectivity index is 3.56. The molecule has 1 heterocycles. The zero-order valence-electron chi connectivity index (χ0n) is 8.40. The zero-order valence-corrected chi connectivity index (χ0v) is 8.40. The highest BCUT2D eigenvalue weighted by Crippen LogP contribution is 2.19. The summed E-state index contributed by atoms with van der Waals surface area (Å²) in [7, 11) is 0.902. The number of methoxy groups -OCH3 is 1. The Morgan fingerprint density at radius 2 is 2.18 bits per heavy atom. The third-order valence-corrected chi connectivity index (χ3v) is 1.83. The molecule has 0 unspecified atom stereocenters. The lowest BCUT2D eigenvalue weighted by atomic mass is 10.2. The molecule has 0 spiro atoms. The van der Waals surface area contributed by atoms with Gasteiger partial charge in [-0.25, -0.2) is 13.6 Å². The fourth-order valence-corrected chi connectivity index (χ4v) is 1.12. The molecular weight excluding hydrogens is 242 g/mol. The highest BCUT2D eigenvalue weighted by atomic mass is 19.3. The molecule has 1 aromatic heterocycles. The number of rotatable bonds is 3. The van der Waals surface area contributed by atoms with Gasteiger partial charge in [0.2, 0.25) is 5.69 Å². The number of halogens is 2. The summed E-state index contributed by atoms with van der Waals surface area (Å²) < 4.78 is 28.8. The second kappa shape index (κ2) is 4.68. The van der Waals surface area contributed by atoms with E-state index in [9.17, 15) is 28.5 Å². The maximum Gasteiger partial charge on any atom is 0.361 e. The van der Waals surface area contributed by atoms with Crippen LogP contribution < -0.4 is 5.43 Å². The van der Waals surface area contributed by atoms with Gasteiger partial charge in [-0.1, -0.05) is 0 Å². The van der Waals surface area contributed by atoms with E-state index in [0.29, 0.717) is 6.07 Å². The van der Waals surface area contributed by atoms with Crippen molar-refractivity contribution in [2.45, 2.75) is 6.43 Å². The van der Waals surface area contributed by atoms with Crippen LogP contribution in [0.3, 0.4) is 0 Å². The van der Waals surface area contributed by atoms with Crippen molar-refractivity contribution in [2.75, 3.05) is 7.11 Å². The second-order valence-corrected chi connectivity index (χ2v) is 2.86. The maximum atomic E-state index is 12.3. The van der Waals surface area contributed by atoms with E-state index in [2.05, 4.69) is 4.74 Å². The van der Waals surface area contributed by atoms with E-state index in [0.717, 1.165) is 7.11 Å². The molecule has 0 atom stereocenters. The topological polar surface area (TPSA) is 102 Å². The number of pyridine rings is 1. The van der Waals surface area contributed by atoms with Crippen LogP contribution in [0.5, 0.6) is 0 Å². The first kappa shape index (κ1) is 12.7. The van der Waals surface area contributed by atoms with Crippen molar-refractivity contribution >= 4 is 11.7 Å². The van der Waals surface area contributed by atoms with Crippen molar-refractivity contribution < 1.29 is 23.2 Å². The standard InChI is InChI=1S/C8H6F2N2O5/c1-17-8(14)5-6(12(15)16)4(13)2-3(11-5)7(9)10/h2,7H,1H3,(H,11,13). The van der Waals surface area contributed by atoms with Crippen LogP contribution in [0.1, 0.15) is 22.6 Å². The van der Waals surface area contributed by atoms with Crippen LogP contribution in [0.4, 0.5) is 14.5 Å². The van der Waals surface area contributed by atoms with Crippen LogP contribution >= 0.6 is 0 Å². The number of carbonyl (C=O) groups is 1. The molecule has 0 amide bonds. The van der Waals surface area contributed by atoms with Gasteiger partial charge in [-0.2, -0.15) is 0 Å². The highest BCUT2D eigenvalue weighted by Gasteiger charge is 2.28. The summed E-state index contributed by atoms with van der Waals surface area (Å²) in [4.78, 5) is 33.6. The van der Waals surface area contributed by atoms with Gasteiger partial charge in [-0.05, 0) is 0 Å². The molecule has 0 bridgehead atoms. The fraction of sp³-hybridized carbons (Fsp3) is 0.250. The first-order valence-electron chi connectivity index (χ1n) is 4.16. The van der Waals surface area contributed by atoms with Crippen LogP contribution in [0.2, 0.25) is 0 Å². The van der Waals surface area contributed by atoms with E-state index in [-0.39, 0.29) is 0 Å². The molecule has 1 aromatic rings. The average molecular weight is 248 g/mol. The zero-order chi connectivity index (χ0) is 13.2. The monoisotopic (exact) mass is 248 g/mol. The molecule has 0 saturated carbocycles. The number of nitrogens with zero attached hydrogens (tertiary/aromatic N) is 1. The molecule has 1 N–H and O–H groups in total. The minimum absolute atomic E-state index is 0.370. The lowest BCUT2D eigenvalue weighted by Gasteiger charge is -2.04. The fourth-order valence-electron chi connectivity index (χ4n) is 1.12. The van der Waals surface area contributed by atoms with Crippen LogP contribution in [-0.2, 0) is 4.74 Å². The smallest absolute Gasteiger partial charge is 0.361 e. The number of hydrogen-bond donors (Lipinski definition) is 1. The van der Waals surface area contributed by atoms with Crippen molar-refractivity contribution in [1.29, 1.82) is 0 Å².